The van der Waals surface area contributed by atoms with Crippen molar-refractivity contribution >= 4 is 6.08 Å². The number of rotatable bonds is 1. The Bertz CT molecular complexity index is 413. The number of H-pyrrole nitrogens is 2. The van der Waals surface area contributed by atoms with Crippen LogP contribution in [0, 0.1) is 0 Å². The van der Waals surface area contributed by atoms with Gasteiger partial charge >= 0.3 is 0 Å². The molecule has 92 valence electrons. The molecule has 0 aliphatic heterocycles. The Kier molecular flexibility index (Phi) is 7.08. The van der Waals surface area contributed by atoms with E-state index in [1.807, 2.05) is 36.4 Å². The van der Waals surface area contributed by atoms with E-state index in [1.165, 1.54) is 5.56 Å². The second-order valence-corrected chi connectivity index (χ2v) is 3.03. The van der Waals surface area contributed by atoms with Gasteiger partial charge in [0.05, 0.1) is 18.7 Å². The number of benzene rings is 1. The standard InChI is InChI=1S/C8H8.C3H4N2.C2H3N3/c1-2-8-6-4-3-5-7-8;1-2-5-3-4-1;1-2-4-5-3-1/h2-7H,1H2;1-3H,(H,4,5);1-2H,(H,3,4,5). The summed E-state index contributed by atoms with van der Waals surface area (Å²) in [5, 5.41) is 9.33. The van der Waals surface area contributed by atoms with Crippen LogP contribution in [0.15, 0.2) is 68.0 Å². The lowest BCUT2D eigenvalue weighted by Gasteiger charge is -1.85. The molecular formula is C13H15N5. The third-order valence-electron chi connectivity index (χ3n) is 1.77. The van der Waals surface area contributed by atoms with E-state index in [1.54, 1.807) is 31.1 Å². The highest BCUT2D eigenvalue weighted by Gasteiger charge is 1.75. The number of aromatic amines is 2. The number of aromatic nitrogens is 5. The molecule has 3 rings (SSSR count). The van der Waals surface area contributed by atoms with Crippen molar-refractivity contribution in [3.63, 3.8) is 0 Å². The molecule has 0 spiro atoms. The molecule has 0 saturated carbocycles. The minimum absolute atomic E-state index is 1.17. The Hall–Kier alpha value is -2.69. The predicted molar refractivity (Wildman–Crippen MR) is 71.5 cm³/mol. The van der Waals surface area contributed by atoms with E-state index >= 15 is 0 Å². The smallest absolute Gasteiger partial charge is 0.0919 e. The molecule has 0 aliphatic rings. The fraction of sp³-hybridized carbons (Fsp3) is 0. The maximum absolute atomic E-state index is 3.67. The second-order valence-electron chi connectivity index (χ2n) is 3.03. The summed E-state index contributed by atoms with van der Waals surface area (Å²) in [6, 6.07) is 10.0. The summed E-state index contributed by atoms with van der Waals surface area (Å²) in [5.74, 6) is 0. The quantitative estimate of drug-likeness (QED) is 0.687. The fourth-order valence-corrected chi connectivity index (χ4v) is 0.971. The number of imidazole rings is 1. The Morgan fingerprint density at radius 1 is 1.00 bits per heavy atom. The van der Waals surface area contributed by atoms with Crippen molar-refractivity contribution in [3.8, 4) is 0 Å². The number of hydrogen-bond acceptors (Lipinski definition) is 3. The van der Waals surface area contributed by atoms with Crippen LogP contribution in [0.5, 0.6) is 0 Å². The molecule has 0 atom stereocenters. The van der Waals surface area contributed by atoms with Crippen LogP contribution in [-0.4, -0.2) is 25.4 Å². The molecule has 5 heteroatoms. The second kappa shape index (κ2) is 9.53. The van der Waals surface area contributed by atoms with Crippen molar-refractivity contribution in [2.75, 3.05) is 0 Å². The molecule has 0 unspecified atom stereocenters. The summed E-state index contributed by atoms with van der Waals surface area (Å²) in [6.45, 7) is 3.63. The van der Waals surface area contributed by atoms with Crippen molar-refractivity contribution in [1.82, 2.24) is 25.4 Å². The van der Waals surface area contributed by atoms with E-state index in [2.05, 4.69) is 32.0 Å². The summed E-state index contributed by atoms with van der Waals surface area (Å²) in [7, 11) is 0. The Labute approximate surface area is 106 Å². The van der Waals surface area contributed by atoms with E-state index in [4.69, 9.17) is 0 Å². The largest absolute Gasteiger partial charge is 0.351 e. The van der Waals surface area contributed by atoms with Crippen molar-refractivity contribution in [3.05, 3.63) is 73.6 Å². The number of hydrogen-bond donors (Lipinski definition) is 2. The SMILES string of the molecule is C=Cc1ccccc1.c1c[nH]cn1.c1cn[nH]n1. The van der Waals surface area contributed by atoms with Gasteiger partial charge in [-0.25, -0.2) is 4.98 Å². The minimum Gasteiger partial charge on any atom is -0.351 e. The average molecular weight is 241 g/mol. The zero-order valence-electron chi connectivity index (χ0n) is 9.90. The lowest BCUT2D eigenvalue weighted by Crippen LogP contribution is -1.63. The van der Waals surface area contributed by atoms with Gasteiger partial charge in [-0.15, -0.1) is 0 Å². The van der Waals surface area contributed by atoms with Crippen LogP contribution >= 0.6 is 0 Å². The van der Waals surface area contributed by atoms with Crippen LogP contribution in [0.1, 0.15) is 5.56 Å². The van der Waals surface area contributed by atoms with Gasteiger partial charge in [-0.05, 0) is 5.56 Å². The first kappa shape index (κ1) is 13.4. The van der Waals surface area contributed by atoms with Crippen LogP contribution < -0.4 is 0 Å². The molecule has 3 aromatic rings. The maximum atomic E-state index is 3.67. The average Bonchev–Trinajstić information content (AvgIpc) is 3.17. The van der Waals surface area contributed by atoms with Crippen molar-refractivity contribution < 1.29 is 0 Å². The molecule has 2 N–H and O–H groups in total. The van der Waals surface area contributed by atoms with Gasteiger partial charge in [-0.3, -0.25) is 0 Å². The molecule has 0 radical (unpaired) electrons. The van der Waals surface area contributed by atoms with Gasteiger partial charge in [0.2, 0.25) is 0 Å². The van der Waals surface area contributed by atoms with Crippen LogP contribution in [0.2, 0.25) is 0 Å². The fourth-order valence-electron chi connectivity index (χ4n) is 0.971. The van der Waals surface area contributed by atoms with Crippen LogP contribution in [0.4, 0.5) is 0 Å². The van der Waals surface area contributed by atoms with Gasteiger partial charge in [0.1, 0.15) is 0 Å². The van der Waals surface area contributed by atoms with Crippen LogP contribution in [-0.2, 0) is 0 Å². The van der Waals surface area contributed by atoms with Crippen LogP contribution in [0.3, 0.4) is 0 Å². The van der Waals surface area contributed by atoms with Crippen molar-refractivity contribution in [2.45, 2.75) is 0 Å². The first-order chi connectivity index (χ1) is 8.93. The highest BCUT2D eigenvalue weighted by Crippen LogP contribution is 1.97. The van der Waals surface area contributed by atoms with Gasteiger partial charge in [-0.2, -0.15) is 15.4 Å². The van der Waals surface area contributed by atoms with E-state index < -0.39 is 0 Å². The maximum Gasteiger partial charge on any atom is 0.0919 e. The zero-order chi connectivity index (χ0) is 12.9. The van der Waals surface area contributed by atoms with Gasteiger partial charge in [0.25, 0.3) is 0 Å². The summed E-state index contributed by atoms with van der Waals surface area (Å²) in [6.07, 6.45) is 10.1. The Morgan fingerprint density at radius 2 is 1.72 bits per heavy atom. The molecule has 5 nitrogen and oxygen atoms in total. The van der Waals surface area contributed by atoms with E-state index in [9.17, 15) is 0 Å². The highest BCUT2D eigenvalue weighted by atomic mass is 15.3. The molecule has 0 saturated heterocycles. The van der Waals surface area contributed by atoms with E-state index in [-0.39, 0.29) is 0 Å². The molecule has 0 aliphatic carbocycles. The molecule has 18 heavy (non-hydrogen) atoms. The van der Waals surface area contributed by atoms with Gasteiger partial charge < -0.3 is 4.98 Å². The Balaban J connectivity index is 0.000000141. The minimum atomic E-state index is 1.17. The molecule has 0 amide bonds. The third kappa shape index (κ3) is 6.73. The predicted octanol–water partition coefficient (Wildman–Crippen LogP) is 2.54. The molecular weight excluding hydrogens is 226 g/mol. The lowest BCUT2D eigenvalue weighted by molar-refractivity contribution is 0.940. The first-order valence-electron chi connectivity index (χ1n) is 5.33. The zero-order valence-corrected chi connectivity index (χ0v) is 9.90. The lowest BCUT2D eigenvalue weighted by atomic mass is 10.2. The van der Waals surface area contributed by atoms with E-state index in [0.29, 0.717) is 0 Å². The Morgan fingerprint density at radius 3 is 2.00 bits per heavy atom. The molecule has 0 bridgehead atoms. The van der Waals surface area contributed by atoms with E-state index in [0.717, 1.165) is 0 Å². The molecule has 2 aromatic heterocycles. The molecule has 1 aromatic carbocycles. The monoisotopic (exact) mass is 241 g/mol. The normalized spacial score (nSPS) is 8.22. The third-order valence-corrected chi connectivity index (χ3v) is 1.77. The summed E-state index contributed by atoms with van der Waals surface area (Å²) >= 11 is 0. The topological polar surface area (TPSA) is 70.2 Å². The summed E-state index contributed by atoms with van der Waals surface area (Å²) in [5.41, 5.74) is 1.17. The number of nitrogens with zero attached hydrogens (tertiary/aromatic N) is 3. The summed E-state index contributed by atoms with van der Waals surface area (Å²) in [4.78, 5) is 6.42. The molecule has 0 fully saturated rings. The molecule has 2 heterocycles. The number of nitrogens with one attached hydrogen (secondary N) is 2. The summed E-state index contributed by atoms with van der Waals surface area (Å²) < 4.78 is 0. The van der Waals surface area contributed by atoms with Gasteiger partial charge in [0.15, 0.2) is 0 Å². The highest BCUT2D eigenvalue weighted by molar-refractivity contribution is 5.45. The van der Waals surface area contributed by atoms with Crippen LogP contribution in [0.25, 0.3) is 6.08 Å². The van der Waals surface area contributed by atoms with Gasteiger partial charge in [0, 0.05) is 12.4 Å². The van der Waals surface area contributed by atoms with Crippen molar-refractivity contribution in [1.29, 1.82) is 0 Å². The van der Waals surface area contributed by atoms with Crippen molar-refractivity contribution in [2.24, 2.45) is 0 Å². The first-order valence-corrected chi connectivity index (χ1v) is 5.33. The van der Waals surface area contributed by atoms with Gasteiger partial charge in [-0.1, -0.05) is 43.0 Å².